The Hall–Kier alpha value is -2.42. The van der Waals surface area contributed by atoms with Crippen LogP contribution in [0, 0.1) is 3.57 Å². The zero-order valence-electron chi connectivity index (χ0n) is 14.7. The molecule has 29 heavy (non-hydrogen) atoms. The molecule has 3 aromatic carbocycles. The molecule has 0 bridgehead atoms. The summed E-state index contributed by atoms with van der Waals surface area (Å²) in [5.74, 6) is -0.532. The van der Waals surface area contributed by atoms with E-state index >= 15 is 0 Å². The lowest BCUT2D eigenvalue weighted by Gasteiger charge is -2.06. The average Bonchev–Trinajstić information content (AvgIpc) is 2.69. The minimum absolute atomic E-state index is 0.218. The molecule has 0 radical (unpaired) electrons. The van der Waals surface area contributed by atoms with Crippen LogP contribution >= 0.6 is 45.8 Å². The second kappa shape index (κ2) is 9.87. The van der Waals surface area contributed by atoms with Crippen LogP contribution in [0.4, 0.5) is 0 Å². The van der Waals surface area contributed by atoms with Crippen LogP contribution in [0.15, 0.2) is 71.8 Å². The Morgan fingerprint density at radius 3 is 2.38 bits per heavy atom. The van der Waals surface area contributed by atoms with Gasteiger partial charge in [0.05, 0.1) is 22.4 Å². The normalized spacial score (nSPS) is 10.7. The molecule has 0 saturated carbocycles. The minimum atomic E-state index is -0.585. The lowest BCUT2D eigenvalue weighted by atomic mass is 10.2. The number of nitrogens with zero attached hydrogens (tertiary/aromatic N) is 1. The molecule has 0 aromatic heterocycles. The van der Waals surface area contributed by atoms with E-state index in [1.54, 1.807) is 42.5 Å². The summed E-state index contributed by atoms with van der Waals surface area (Å²) in [6.45, 7) is 0. The zero-order valence-corrected chi connectivity index (χ0v) is 18.4. The van der Waals surface area contributed by atoms with Crippen LogP contribution in [-0.2, 0) is 0 Å². The molecule has 3 rings (SSSR count). The summed E-state index contributed by atoms with van der Waals surface area (Å²) in [5.41, 5.74) is 3.97. The molecule has 1 amide bonds. The van der Waals surface area contributed by atoms with Gasteiger partial charge in [-0.2, -0.15) is 5.10 Å². The number of halogens is 3. The molecule has 8 heteroatoms. The molecule has 0 saturated heterocycles. The smallest absolute Gasteiger partial charge is 0.345 e. The van der Waals surface area contributed by atoms with Crippen molar-refractivity contribution < 1.29 is 14.3 Å². The number of hydrogen-bond acceptors (Lipinski definition) is 4. The summed E-state index contributed by atoms with van der Waals surface area (Å²) in [5, 5.41) is 4.60. The van der Waals surface area contributed by atoms with Crippen LogP contribution in [0.2, 0.25) is 10.0 Å². The number of amides is 1. The van der Waals surface area contributed by atoms with Gasteiger partial charge in [-0.05, 0) is 82.8 Å². The first-order chi connectivity index (χ1) is 13.9. The molecular formula is C21H13Cl2IN2O3. The zero-order chi connectivity index (χ0) is 20.8. The first-order valence-corrected chi connectivity index (χ1v) is 10.1. The molecule has 0 heterocycles. The Kier molecular flexibility index (Phi) is 7.24. The van der Waals surface area contributed by atoms with E-state index in [2.05, 4.69) is 33.1 Å². The Morgan fingerprint density at radius 1 is 0.966 bits per heavy atom. The number of benzene rings is 3. The largest absolute Gasteiger partial charge is 0.423 e. The number of esters is 1. The van der Waals surface area contributed by atoms with Crippen molar-refractivity contribution in [3.8, 4) is 5.75 Å². The van der Waals surface area contributed by atoms with Gasteiger partial charge in [0.25, 0.3) is 5.91 Å². The van der Waals surface area contributed by atoms with Crippen molar-refractivity contribution in [2.45, 2.75) is 0 Å². The highest BCUT2D eigenvalue weighted by Crippen LogP contribution is 2.23. The predicted molar refractivity (Wildman–Crippen MR) is 122 cm³/mol. The van der Waals surface area contributed by atoms with Crippen molar-refractivity contribution in [2.24, 2.45) is 5.10 Å². The third kappa shape index (κ3) is 5.79. The summed E-state index contributed by atoms with van der Waals surface area (Å²) >= 11 is 13.9. The van der Waals surface area contributed by atoms with Crippen LogP contribution in [0.25, 0.3) is 0 Å². The standard InChI is InChI=1S/C21H13Cl2IN2O3/c22-14-7-10-16(18(23)11-14)21(28)29-15-8-5-13(6-9-15)12-25-26-20(27)17-3-1-2-4-19(17)24/h1-12H,(H,26,27). The average molecular weight is 539 g/mol. The Morgan fingerprint density at radius 2 is 1.69 bits per heavy atom. The van der Waals surface area contributed by atoms with E-state index in [1.165, 1.54) is 18.3 Å². The molecule has 0 unspecified atom stereocenters. The van der Waals surface area contributed by atoms with E-state index in [0.717, 1.165) is 9.13 Å². The van der Waals surface area contributed by atoms with E-state index in [9.17, 15) is 9.59 Å². The number of hydrazone groups is 1. The van der Waals surface area contributed by atoms with Crippen LogP contribution < -0.4 is 10.2 Å². The van der Waals surface area contributed by atoms with E-state index < -0.39 is 5.97 Å². The maximum atomic E-state index is 12.2. The van der Waals surface area contributed by atoms with Crippen molar-refractivity contribution in [1.29, 1.82) is 0 Å². The van der Waals surface area contributed by atoms with Crippen LogP contribution in [0.5, 0.6) is 5.75 Å². The van der Waals surface area contributed by atoms with Gasteiger partial charge in [0.2, 0.25) is 0 Å². The van der Waals surface area contributed by atoms with Crippen molar-refractivity contribution >= 4 is 63.9 Å². The van der Waals surface area contributed by atoms with Gasteiger partial charge in [-0.15, -0.1) is 0 Å². The number of carbonyl (C=O) groups is 2. The number of ether oxygens (including phenoxy) is 1. The van der Waals surface area contributed by atoms with Crippen LogP contribution in [-0.4, -0.2) is 18.1 Å². The monoisotopic (exact) mass is 538 g/mol. The van der Waals surface area contributed by atoms with Crippen LogP contribution in [0.1, 0.15) is 26.3 Å². The van der Waals surface area contributed by atoms with Gasteiger partial charge in [-0.25, -0.2) is 10.2 Å². The van der Waals surface area contributed by atoms with Gasteiger partial charge < -0.3 is 4.74 Å². The highest BCUT2D eigenvalue weighted by atomic mass is 127. The molecule has 0 spiro atoms. The topological polar surface area (TPSA) is 67.8 Å². The van der Waals surface area contributed by atoms with Crippen molar-refractivity contribution in [2.75, 3.05) is 0 Å². The second-order valence-electron chi connectivity index (χ2n) is 5.76. The maximum Gasteiger partial charge on any atom is 0.345 e. The fourth-order valence-corrected chi connectivity index (χ4v) is 3.43. The summed E-state index contributed by atoms with van der Waals surface area (Å²) in [4.78, 5) is 24.3. The molecule has 0 fully saturated rings. The third-order valence-electron chi connectivity index (χ3n) is 3.74. The van der Waals surface area contributed by atoms with Crippen molar-refractivity contribution in [1.82, 2.24) is 5.43 Å². The van der Waals surface area contributed by atoms with Gasteiger partial charge in [0.1, 0.15) is 5.75 Å². The Labute approximate surface area is 190 Å². The Balaban J connectivity index is 1.60. The third-order valence-corrected chi connectivity index (χ3v) is 5.23. The maximum absolute atomic E-state index is 12.2. The molecule has 0 aliphatic heterocycles. The lowest BCUT2D eigenvalue weighted by molar-refractivity contribution is 0.0734. The first-order valence-electron chi connectivity index (χ1n) is 8.29. The minimum Gasteiger partial charge on any atom is -0.423 e. The molecule has 0 aliphatic carbocycles. The predicted octanol–water partition coefficient (Wildman–Crippen LogP) is 5.58. The summed E-state index contributed by atoms with van der Waals surface area (Å²) in [7, 11) is 0. The molecule has 1 N–H and O–H groups in total. The van der Waals surface area contributed by atoms with E-state index in [0.29, 0.717) is 16.3 Å². The lowest BCUT2D eigenvalue weighted by Crippen LogP contribution is -2.18. The van der Waals surface area contributed by atoms with E-state index in [-0.39, 0.29) is 16.5 Å². The highest BCUT2D eigenvalue weighted by molar-refractivity contribution is 14.1. The molecule has 5 nitrogen and oxygen atoms in total. The van der Waals surface area contributed by atoms with E-state index in [1.807, 2.05) is 12.1 Å². The van der Waals surface area contributed by atoms with Crippen molar-refractivity contribution in [3.63, 3.8) is 0 Å². The second-order valence-corrected chi connectivity index (χ2v) is 7.77. The fraction of sp³-hybridized carbons (Fsp3) is 0. The molecule has 3 aromatic rings. The number of rotatable bonds is 5. The van der Waals surface area contributed by atoms with Gasteiger partial charge in [0.15, 0.2) is 0 Å². The van der Waals surface area contributed by atoms with Gasteiger partial charge in [0, 0.05) is 8.59 Å². The summed E-state index contributed by atoms with van der Waals surface area (Å²) in [6, 6.07) is 18.4. The van der Waals surface area contributed by atoms with Gasteiger partial charge in [-0.3, -0.25) is 4.79 Å². The van der Waals surface area contributed by atoms with Gasteiger partial charge >= 0.3 is 5.97 Å². The van der Waals surface area contributed by atoms with Crippen molar-refractivity contribution in [3.05, 3.63) is 97.0 Å². The van der Waals surface area contributed by atoms with Gasteiger partial charge in [-0.1, -0.05) is 35.3 Å². The quantitative estimate of drug-likeness (QED) is 0.151. The number of carbonyl (C=O) groups excluding carboxylic acids is 2. The number of nitrogens with one attached hydrogen (secondary N) is 1. The van der Waals surface area contributed by atoms with E-state index in [4.69, 9.17) is 27.9 Å². The molecule has 0 aliphatic rings. The summed E-state index contributed by atoms with van der Waals surface area (Å²) in [6.07, 6.45) is 1.50. The highest BCUT2D eigenvalue weighted by Gasteiger charge is 2.13. The molecular weight excluding hydrogens is 526 g/mol. The number of hydrogen-bond donors (Lipinski definition) is 1. The summed E-state index contributed by atoms with van der Waals surface area (Å²) < 4.78 is 6.15. The fourth-order valence-electron chi connectivity index (χ4n) is 2.31. The van der Waals surface area contributed by atoms with Crippen LogP contribution in [0.3, 0.4) is 0 Å². The first kappa shape index (κ1) is 21.3. The molecule has 0 atom stereocenters. The Bertz CT molecular complexity index is 1090. The molecule has 146 valence electrons. The SMILES string of the molecule is O=C(Oc1ccc(C=NNC(=O)c2ccccc2I)cc1)c1ccc(Cl)cc1Cl.